The maximum atomic E-state index is 5.71. The summed E-state index contributed by atoms with van der Waals surface area (Å²) < 4.78 is 5.45. The predicted molar refractivity (Wildman–Crippen MR) is 77.9 cm³/mol. The number of nitrogens with one attached hydrogen (secondary N) is 1. The summed E-state index contributed by atoms with van der Waals surface area (Å²) >= 11 is 0. The van der Waals surface area contributed by atoms with Gasteiger partial charge in [0.1, 0.15) is 5.75 Å². The fourth-order valence-corrected chi connectivity index (χ4v) is 2.21. The van der Waals surface area contributed by atoms with Gasteiger partial charge in [-0.3, -0.25) is 11.3 Å². The van der Waals surface area contributed by atoms with Crippen LogP contribution in [-0.2, 0) is 6.42 Å². The molecule has 0 aliphatic heterocycles. The van der Waals surface area contributed by atoms with E-state index < -0.39 is 0 Å². The first-order valence-electron chi connectivity index (χ1n) is 6.39. The lowest BCUT2D eigenvalue weighted by Crippen LogP contribution is -2.29. The first-order chi connectivity index (χ1) is 9.24. The minimum absolute atomic E-state index is 0.0398. The fraction of sp³-hybridized carbons (Fsp3) is 0.250. The van der Waals surface area contributed by atoms with Gasteiger partial charge in [-0.15, -0.1) is 0 Å². The molecule has 0 aromatic heterocycles. The number of hydrogen-bond acceptors (Lipinski definition) is 3. The number of hydrogen-bond donors (Lipinski definition) is 2. The van der Waals surface area contributed by atoms with E-state index in [9.17, 15) is 0 Å². The predicted octanol–water partition coefficient (Wildman–Crippen LogP) is 2.75. The minimum atomic E-state index is 0.0398. The van der Waals surface area contributed by atoms with Crippen LogP contribution in [0.3, 0.4) is 0 Å². The lowest BCUT2D eigenvalue weighted by molar-refractivity contribution is 0.398. The molecule has 3 heteroatoms. The molecule has 0 saturated heterocycles. The van der Waals surface area contributed by atoms with Crippen LogP contribution in [0.5, 0.6) is 5.75 Å². The quantitative estimate of drug-likeness (QED) is 0.639. The Labute approximate surface area is 114 Å². The van der Waals surface area contributed by atoms with Crippen LogP contribution in [-0.4, -0.2) is 7.11 Å². The van der Waals surface area contributed by atoms with E-state index in [0.717, 1.165) is 17.7 Å². The number of nitrogens with two attached hydrogens (primary N) is 1. The highest BCUT2D eigenvalue weighted by Gasteiger charge is 2.15. The third-order valence-electron chi connectivity index (χ3n) is 3.25. The number of benzene rings is 2. The van der Waals surface area contributed by atoms with Crippen molar-refractivity contribution in [3.63, 3.8) is 0 Å². The topological polar surface area (TPSA) is 47.3 Å². The molecule has 0 spiro atoms. The highest BCUT2D eigenvalue weighted by atomic mass is 16.5. The normalized spacial score (nSPS) is 12.2. The number of ether oxygens (including phenoxy) is 1. The fourth-order valence-electron chi connectivity index (χ4n) is 2.21. The standard InChI is InChI=1S/C16H20N2O/c1-12-8-9-14(16(10-12)19-2)15(18-17)11-13-6-4-3-5-7-13/h3-10,15,18H,11,17H2,1-2H3. The molecule has 2 aromatic carbocycles. The summed E-state index contributed by atoms with van der Waals surface area (Å²) in [5.74, 6) is 6.58. The Bertz CT molecular complexity index is 526. The van der Waals surface area contributed by atoms with Crippen LogP contribution in [0.15, 0.2) is 48.5 Å². The van der Waals surface area contributed by atoms with Gasteiger partial charge in [-0.2, -0.15) is 0 Å². The van der Waals surface area contributed by atoms with E-state index in [4.69, 9.17) is 10.6 Å². The van der Waals surface area contributed by atoms with Crippen LogP contribution < -0.4 is 16.0 Å². The summed E-state index contributed by atoms with van der Waals surface area (Å²) in [4.78, 5) is 0. The summed E-state index contributed by atoms with van der Waals surface area (Å²) in [6.45, 7) is 2.05. The van der Waals surface area contributed by atoms with Crippen molar-refractivity contribution in [2.24, 2.45) is 5.84 Å². The van der Waals surface area contributed by atoms with E-state index in [1.807, 2.05) is 31.2 Å². The largest absolute Gasteiger partial charge is 0.496 e. The first-order valence-corrected chi connectivity index (χ1v) is 6.39. The van der Waals surface area contributed by atoms with Gasteiger partial charge in [-0.25, -0.2) is 0 Å². The van der Waals surface area contributed by atoms with Crippen LogP contribution >= 0.6 is 0 Å². The summed E-state index contributed by atoms with van der Waals surface area (Å²) in [6, 6.07) is 16.5. The zero-order valence-corrected chi connectivity index (χ0v) is 11.4. The Kier molecular flexibility index (Phi) is 4.55. The molecule has 3 nitrogen and oxygen atoms in total. The Balaban J connectivity index is 2.27. The number of methoxy groups -OCH3 is 1. The monoisotopic (exact) mass is 256 g/mol. The first kappa shape index (κ1) is 13.6. The molecule has 100 valence electrons. The van der Waals surface area contributed by atoms with Crippen LogP contribution in [0.2, 0.25) is 0 Å². The zero-order chi connectivity index (χ0) is 13.7. The molecule has 0 amide bonds. The van der Waals surface area contributed by atoms with Crippen molar-refractivity contribution in [1.29, 1.82) is 0 Å². The molecule has 1 atom stereocenters. The van der Waals surface area contributed by atoms with E-state index in [1.165, 1.54) is 11.1 Å². The minimum Gasteiger partial charge on any atom is -0.496 e. The molecule has 0 heterocycles. The number of hydrazine groups is 1. The van der Waals surface area contributed by atoms with Crippen molar-refractivity contribution in [1.82, 2.24) is 5.43 Å². The second-order valence-corrected chi connectivity index (χ2v) is 4.65. The zero-order valence-electron chi connectivity index (χ0n) is 11.4. The van der Waals surface area contributed by atoms with Gasteiger partial charge in [0.25, 0.3) is 0 Å². The Morgan fingerprint density at radius 3 is 2.53 bits per heavy atom. The number of aryl methyl sites for hydroxylation is 1. The van der Waals surface area contributed by atoms with E-state index in [-0.39, 0.29) is 6.04 Å². The SMILES string of the molecule is COc1cc(C)ccc1C(Cc1ccccc1)NN. The Morgan fingerprint density at radius 2 is 1.89 bits per heavy atom. The summed E-state index contributed by atoms with van der Waals surface area (Å²) in [7, 11) is 1.69. The van der Waals surface area contributed by atoms with E-state index in [0.29, 0.717) is 0 Å². The highest BCUT2D eigenvalue weighted by Crippen LogP contribution is 2.28. The lowest BCUT2D eigenvalue weighted by atomic mass is 9.97. The molecule has 19 heavy (non-hydrogen) atoms. The van der Waals surface area contributed by atoms with Crippen LogP contribution in [0.1, 0.15) is 22.7 Å². The molecular formula is C16H20N2O. The van der Waals surface area contributed by atoms with Gasteiger partial charge < -0.3 is 4.74 Å². The molecule has 0 aliphatic carbocycles. The average Bonchev–Trinajstić information content (AvgIpc) is 2.46. The molecule has 2 aromatic rings. The van der Waals surface area contributed by atoms with Crippen molar-refractivity contribution >= 4 is 0 Å². The third kappa shape index (κ3) is 3.34. The average molecular weight is 256 g/mol. The van der Waals surface area contributed by atoms with Crippen molar-refractivity contribution in [2.75, 3.05) is 7.11 Å². The van der Waals surface area contributed by atoms with Gasteiger partial charge >= 0.3 is 0 Å². The molecule has 0 fully saturated rings. The third-order valence-corrected chi connectivity index (χ3v) is 3.25. The van der Waals surface area contributed by atoms with Crippen LogP contribution in [0, 0.1) is 6.92 Å². The summed E-state index contributed by atoms with van der Waals surface area (Å²) in [5, 5.41) is 0. The summed E-state index contributed by atoms with van der Waals surface area (Å²) in [6.07, 6.45) is 0.830. The van der Waals surface area contributed by atoms with Gasteiger partial charge in [-0.05, 0) is 30.5 Å². The lowest BCUT2D eigenvalue weighted by Gasteiger charge is -2.19. The maximum absolute atomic E-state index is 5.71. The van der Waals surface area contributed by atoms with E-state index in [2.05, 4.69) is 29.7 Å². The van der Waals surface area contributed by atoms with Gasteiger partial charge in [-0.1, -0.05) is 42.5 Å². The molecular weight excluding hydrogens is 236 g/mol. The van der Waals surface area contributed by atoms with Crippen molar-refractivity contribution < 1.29 is 4.74 Å². The number of rotatable bonds is 5. The van der Waals surface area contributed by atoms with Crippen LogP contribution in [0.25, 0.3) is 0 Å². The van der Waals surface area contributed by atoms with Gasteiger partial charge in [0, 0.05) is 5.56 Å². The molecule has 0 saturated carbocycles. The summed E-state index contributed by atoms with van der Waals surface area (Å²) in [5.41, 5.74) is 6.38. The van der Waals surface area contributed by atoms with Crippen LogP contribution in [0.4, 0.5) is 0 Å². The van der Waals surface area contributed by atoms with Gasteiger partial charge in [0.05, 0.1) is 13.2 Å². The Hall–Kier alpha value is -1.84. The molecule has 0 bridgehead atoms. The van der Waals surface area contributed by atoms with E-state index in [1.54, 1.807) is 7.11 Å². The smallest absolute Gasteiger partial charge is 0.123 e. The molecule has 0 aliphatic rings. The maximum Gasteiger partial charge on any atom is 0.123 e. The van der Waals surface area contributed by atoms with Crippen molar-refractivity contribution in [3.05, 3.63) is 65.2 Å². The Morgan fingerprint density at radius 1 is 1.16 bits per heavy atom. The second-order valence-electron chi connectivity index (χ2n) is 4.65. The molecule has 1 unspecified atom stereocenters. The molecule has 3 N–H and O–H groups in total. The van der Waals surface area contributed by atoms with Gasteiger partial charge in [0.2, 0.25) is 0 Å². The molecule has 2 rings (SSSR count). The molecule has 0 radical (unpaired) electrons. The highest BCUT2D eigenvalue weighted by molar-refractivity contribution is 5.40. The second kappa shape index (κ2) is 6.36. The van der Waals surface area contributed by atoms with Crippen molar-refractivity contribution in [2.45, 2.75) is 19.4 Å². The van der Waals surface area contributed by atoms with Gasteiger partial charge in [0.15, 0.2) is 0 Å². The van der Waals surface area contributed by atoms with E-state index >= 15 is 0 Å². The van der Waals surface area contributed by atoms with Crippen molar-refractivity contribution in [3.8, 4) is 5.75 Å².